The van der Waals surface area contributed by atoms with E-state index < -0.39 is 5.03 Å². The number of pyridine rings is 1. The lowest BCUT2D eigenvalue weighted by Gasteiger charge is -1.91. The van der Waals surface area contributed by atoms with Crippen LogP contribution in [-0.4, -0.2) is 25.2 Å². The Morgan fingerprint density at radius 1 is 1.47 bits per heavy atom. The predicted octanol–water partition coefficient (Wildman–Crippen LogP) is -0.108. The Labute approximate surface area is 82.8 Å². The minimum Gasteiger partial charge on any atom is -0.281 e. The van der Waals surface area contributed by atoms with Crippen molar-refractivity contribution in [2.75, 3.05) is 0 Å². The highest BCUT2D eigenvalue weighted by Gasteiger charge is 2.02. The largest absolute Gasteiger partial charge is 0.315 e. The topological polar surface area (TPSA) is 113 Å². The third-order valence-corrected chi connectivity index (χ3v) is 1.62. The van der Waals surface area contributed by atoms with Gasteiger partial charge in [-0.2, -0.15) is 4.98 Å². The zero-order valence-corrected chi connectivity index (χ0v) is 7.41. The van der Waals surface area contributed by atoms with E-state index in [0.717, 1.165) is 5.56 Å². The summed E-state index contributed by atoms with van der Waals surface area (Å²) in [6, 6.07) is 3.51. The fourth-order valence-corrected chi connectivity index (χ4v) is 1.04. The second-order valence-electron chi connectivity index (χ2n) is 2.61. The maximum Gasteiger partial charge on any atom is 0.315 e. The van der Waals surface area contributed by atoms with E-state index in [9.17, 15) is 10.1 Å². The molecule has 2 rings (SSSR count). The van der Waals surface area contributed by atoms with Crippen LogP contribution in [0, 0.1) is 10.1 Å². The minimum atomic E-state index is -0.820. The van der Waals surface area contributed by atoms with Gasteiger partial charge in [-0.25, -0.2) is 10.1 Å². The molecule has 0 spiro atoms. The van der Waals surface area contributed by atoms with Crippen molar-refractivity contribution in [2.45, 2.75) is 0 Å². The number of hydrogen-bond acceptors (Lipinski definition) is 4. The molecule has 0 aliphatic carbocycles. The van der Waals surface area contributed by atoms with Gasteiger partial charge in [-0.05, 0) is 12.1 Å². The zero-order chi connectivity index (χ0) is 10.7. The van der Waals surface area contributed by atoms with Crippen LogP contribution in [0.4, 0.5) is 0 Å². The second-order valence-corrected chi connectivity index (χ2v) is 2.61. The molecular weight excluding hydrogens is 200 g/mol. The molecule has 8 nitrogen and oxygen atoms in total. The van der Waals surface area contributed by atoms with Gasteiger partial charge in [0.1, 0.15) is 5.10 Å². The molecule has 0 saturated heterocycles. The van der Waals surface area contributed by atoms with E-state index in [-0.39, 0.29) is 5.62 Å². The molecule has 2 heterocycles. The van der Waals surface area contributed by atoms with Crippen LogP contribution in [0.15, 0.2) is 29.6 Å². The van der Waals surface area contributed by atoms with Crippen LogP contribution in [0.5, 0.6) is 0 Å². The summed E-state index contributed by atoms with van der Waals surface area (Å²) in [7, 11) is 0. The van der Waals surface area contributed by atoms with Gasteiger partial charge in [0.05, 0.1) is 0 Å². The summed E-state index contributed by atoms with van der Waals surface area (Å²) in [5.41, 5.74) is 0.636. The number of rotatable bonds is 2. The van der Waals surface area contributed by atoms with E-state index in [4.69, 9.17) is 0 Å². The molecule has 0 unspecified atom stereocenters. The molecule has 0 fully saturated rings. The van der Waals surface area contributed by atoms with E-state index in [1.54, 1.807) is 24.5 Å². The van der Waals surface area contributed by atoms with Gasteiger partial charge in [0.15, 0.2) is 10.9 Å². The highest BCUT2D eigenvalue weighted by molar-refractivity contribution is 5.51. The molecular formula is C7H6N6O2. The Morgan fingerprint density at radius 2 is 2.33 bits per heavy atom. The van der Waals surface area contributed by atoms with Crippen LogP contribution in [0.1, 0.15) is 0 Å². The van der Waals surface area contributed by atoms with Crippen LogP contribution in [0.2, 0.25) is 0 Å². The lowest BCUT2D eigenvalue weighted by Crippen LogP contribution is -2.09. The number of aromatic amines is 2. The van der Waals surface area contributed by atoms with Crippen LogP contribution in [0.3, 0.4) is 0 Å². The molecule has 2 aromatic heterocycles. The Balaban J connectivity index is 2.41. The fourth-order valence-electron chi connectivity index (χ4n) is 1.04. The van der Waals surface area contributed by atoms with Crippen molar-refractivity contribution in [3.8, 4) is 11.4 Å². The molecule has 0 aromatic carbocycles. The van der Waals surface area contributed by atoms with Crippen LogP contribution < -0.4 is 5.62 Å². The van der Waals surface area contributed by atoms with E-state index in [1.165, 1.54) is 0 Å². The van der Waals surface area contributed by atoms with Crippen molar-refractivity contribution in [1.82, 2.24) is 20.2 Å². The lowest BCUT2D eigenvalue weighted by atomic mass is 10.3. The van der Waals surface area contributed by atoms with Crippen molar-refractivity contribution in [1.29, 1.82) is 0 Å². The maximum atomic E-state index is 10.1. The van der Waals surface area contributed by atoms with Crippen molar-refractivity contribution < 1.29 is 5.03 Å². The molecule has 15 heavy (non-hydrogen) atoms. The summed E-state index contributed by atoms with van der Waals surface area (Å²) >= 11 is 0. The molecule has 0 amide bonds. The molecule has 76 valence electrons. The van der Waals surface area contributed by atoms with Gasteiger partial charge in [0, 0.05) is 18.0 Å². The molecule has 2 N–H and O–H groups in total. The maximum absolute atomic E-state index is 10.1. The zero-order valence-electron chi connectivity index (χ0n) is 7.41. The lowest BCUT2D eigenvalue weighted by molar-refractivity contribution is -0.491. The van der Waals surface area contributed by atoms with E-state index in [0.29, 0.717) is 5.82 Å². The Kier molecular flexibility index (Phi) is 2.23. The van der Waals surface area contributed by atoms with Crippen LogP contribution in [0.25, 0.3) is 11.4 Å². The molecule has 2 aromatic rings. The third-order valence-electron chi connectivity index (χ3n) is 1.62. The average molecular weight is 206 g/mol. The Morgan fingerprint density at radius 3 is 3.00 bits per heavy atom. The van der Waals surface area contributed by atoms with Gasteiger partial charge < -0.3 is 0 Å². The predicted molar refractivity (Wildman–Crippen MR) is 48.7 cm³/mol. The molecule has 0 radical (unpaired) electrons. The normalized spacial score (nSPS) is 11.6. The smallest absolute Gasteiger partial charge is 0.281 e. The first-order valence-electron chi connectivity index (χ1n) is 4.00. The third kappa shape index (κ3) is 2.05. The number of hydrogen-bond donors (Lipinski definition) is 2. The molecule has 0 atom stereocenters. The summed E-state index contributed by atoms with van der Waals surface area (Å²) in [6.07, 6.45) is 3.21. The number of nitrogens with zero attached hydrogens (tertiary/aromatic N) is 4. The van der Waals surface area contributed by atoms with Crippen LogP contribution in [-0.2, 0) is 0 Å². The molecule has 0 bridgehead atoms. The highest BCUT2D eigenvalue weighted by atomic mass is 16.7. The minimum absolute atomic E-state index is 0.0844. The van der Waals surface area contributed by atoms with E-state index in [1.807, 2.05) is 0 Å². The summed E-state index contributed by atoms with van der Waals surface area (Å²) < 4.78 is 0. The van der Waals surface area contributed by atoms with E-state index >= 15 is 0 Å². The standard InChI is InChI=1S/C7H6N6O2/c14-13(15)12-7-9-6(10-11-7)5-2-1-3-8-4-5/h1-4H,(H2,9,10,11,12). The van der Waals surface area contributed by atoms with Gasteiger partial charge >= 0.3 is 5.62 Å². The van der Waals surface area contributed by atoms with Crippen molar-refractivity contribution in [2.24, 2.45) is 5.10 Å². The Hall–Kier alpha value is -2.51. The number of H-pyrrole nitrogens is 2. The first-order chi connectivity index (χ1) is 7.25. The van der Waals surface area contributed by atoms with Gasteiger partial charge in [-0.3, -0.25) is 15.2 Å². The molecule has 0 aliphatic heterocycles. The average Bonchev–Trinajstić information content (AvgIpc) is 2.67. The summed E-state index contributed by atoms with van der Waals surface area (Å²) in [6.45, 7) is 0. The first kappa shape index (κ1) is 9.06. The SMILES string of the molecule is O=[N+]([O-])N=c1nc(-c2cccnc2)[nH][nH]1. The van der Waals surface area contributed by atoms with Crippen molar-refractivity contribution >= 4 is 0 Å². The molecule has 8 heteroatoms. The van der Waals surface area contributed by atoms with Gasteiger partial charge in [-0.15, -0.1) is 0 Å². The first-order valence-corrected chi connectivity index (χ1v) is 4.00. The number of aromatic nitrogens is 4. The Bertz CT molecular complexity index is 528. The van der Waals surface area contributed by atoms with Crippen LogP contribution >= 0.6 is 0 Å². The molecule has 0 aliphatic rings. The number of nitro groups is 1. The summed E-state index contributed by atoms with van der Waals surface area (Å²) in [5, 5.41) is 17.4. The molecule has 0 saturated carbocycles. The van der Waals surface area contributed by atoms with Crippen molar-refractivity contribution in [3.63, 3.8) is 0 Å². The van der Waals surface area contributed by atoms with Gasteiger partial charge in [-0.1, -0.05) is 0 Å². The monoisotopic (exact) mass is 206 g/mol. The van der Waals surface area contributed by atoms with Gasteiger partial charge in [0.25, 0.3) is 0 Å². The highest BCUT2D eigenvalue weighted by Crippen LogP contribution is 2.08. The number of nitrogens with one attached hydrogen (secondary N) is 2. The fraction of sp³-hybridized carbons (Fsp3) is 0. The van der Waals surface area contributed by atoms with E-state index in [2.05, 4.69) is 25.3 Å². The summed E-state index contributed by atoms with van der Waals surface area (Å²) in [5.74, 6) is 0.448. The summed E-state index contributed by atoms with van der Waals surface area (Å²) in [4.78, 5) is 17.8. The van der Waals surface area contributed by atoms with Crippen molar-refractivity contribution in [3.05, 3.63) is 40.3 Å². The van der Waals surface area contributed by atoms with Gasteiger partial charge in [0.2, 0.25) is 0 Å². The quantitative estimate of drug-likeness (QED) is 0.527. The second kappa shape index (κ2) is 3.70.